The van der Waals surface area contributed by atoms with E-state index < -0.39 is 10.0 Å². The number of amides is 1. The molecule has 3 aromatic rings. The molecule has 1 aromatic heterocycles. The number of carbonyl (C=O) groups is 1. The van der Waals surface area contributed by atoms with E-state index in [1.807, 2.05) is 38.1 Å². The lowest BCUT2D eigenvalue weighted by molar-refractivity contribution is -0.116. The van der Waals surface area contributed by atoms with Crippen LogP contribution in [-0.4, -0.2) is 40.9 Å². The molecule has 32 heavy (non-hydrogen) atoms. The third-order valence-electron chi connectivity index (χ3n) is 5.98. The van der Waals surface area contributed by atoms with Gasteiger partial charge in [0.2, 0.25) is 15.9 Å². The fourth-order valence-corrected chi connectivity index (χ4v) is 5.76. The van der Waals surface area contributed by atoms with Gasteiger partial charge in [-0.2, -0.15) is 4.31 Å². The van der Waals surface area contributed by atoms with Crippen molar-refractivity contribution in [1.82, 2.24) is 13.4 Å². The number of carbonyl (C=O) groups excluding carboxylic acids is 1. The number of nitrogens with zero attached hydrogens (tertiary/aromatic N) is 3. The van der Waals surface area contributed by atoms with Gasteiger partial charge in [0, 0.05) is 25.3 Å². The number of aryl methyl sites for hydroxylation is 2. The highest BCUT2D eigenvalue weighted by atomic mass is 32.2. The van der Waals surface area contributed by atoms with E-state index >= 15 is 0 Å². The number of aromatic nitrogens is 2. The fraction of sp³-hybridized carbons (Fsp3) is 0.391. The molecule has 0 atom stereocenters. The van der Waals surface area contributed by atoms with Crippen molar-refractivity contribution in [2.75, 3.05) is 18.4 Å². The molecule has 1 saturated heterocycles. The van der Waals surface area contributed by atoms with E-state index in [9.17, 15) is 18.0 Å². The monoisotopic (exact) mass is 456 g/mol. The van der Waals surface area contributed by atoms with Crippen LogP contribution in [0.25, 0.3) is 11.0 Å². The Morgan fingerprint density at radius 1 is 1.00 bits per heavy atom. The second-order valence-electron chi connectivity index (χ2n) is 8.09. The molecule has 170 valence electrons. The lowest BCUT2D eigenvalue weighted by Crippen LogP contribution is -2.35. The maximum atomic E-state index is 13.0. The summed E-state index contributed by atoms with van der Waals surface area (Å²) in [5.74, 6) is -0.387. The number of imidazole rings is 1. The lowest BCUT2D eigenvalue weighted by atomic mass is 10.2. The maximum absolute atomic E-state index is 13.0. The average Bonchev–Trinajstić information content (AvgIpc) is 3.06. The van der Waals surface area contributed by atoms with Crippen molar-refractivity contribution in [3.05, 3.63) is 58.5 Å². The molecule has 0 spiro atoms. The number of benzene rings is 2. The third kappa shape index (κ3) is 4.10. The largest absolute Gasteiger partial charge is 0.329 e. The molecule has 0 radical (unpaired) electrons. The van der Waals surface area contributed by atoms with Gasteiger partial charge >= 0.3 is 5.69 Å². The highest BCUT2D eigenvalue weighted by Crippen LogP contribution is 2.25. The molecule has 1 aliphatic rings. The van der Waals surface area contributed by atoms with Crippen molar-refractivity contribution < 1.29 is 13.2 Å². The first-order chi connectivity index (χ1) is 15.3. The van der Waals surface area contributed by atoms with Gasteiger partial charge in [-0.05, 0) is 56.5 Å². The van der Waals surface area contributed by atoms with Crippen LogP contribution >= 0.6 is 0 Å². The molecule has 4 rings (SSSR count). The van der Waals surface area contributed by atoms with Crippen molar-refractivity contribution in [2.24, 2.45) is 0 Å². The van der Waals surface area contributed by atoms with Crippen molar-refractivity contribution in [3.63, 3.8) is 0 Å². The number of anilines is 1. The van der Waals surface area contributed by atoms with E-state index in [0.717, 1.165) is 30.3 Å². The molecule has 1 fully saturated rings. The van der Waals surface area contributed by atoms with E-state index in [0.29, 0.717) is 30.8 Å². The van der Waals surface area contributed by atoms with Crippen molar-refractivity contribution >= 4 is 32.7 Å². The Kier molecular flexibility index (Phi) is 6.21. The molecular weight excluding hydrogens is 428 g/mol. The molecule has 2 aromatic carbocycles. The van der Waals surface area contributed by atoms with Gasteiger partial charge in [-0.15, -0.1) is 0 Å². The second-order valence-corrected chi connectivity index (χ2v) is 10.0. The Morgan fingerprint density at radius 2 is 1.66 bits per heavy atom. The van der Waals surface area contributed by atoms with E-state index in [1.165, 1.54) is 14.9 Å². The van der Waals surface area contributed by atoms with Crippen LogP contribution < -0.4 is 11.0 Å². The summed E-state index contributed by atoms with van der Waals surface area (Å²) in [7, 11) is -3.61. The zero-order chi connectivity index (χ0) is 22.9. The maximum Gasteiger partial charge on any atom is 0.329 e. The van der Waals surface area contributed by atoms with Crippen LogP contribution in [0, 0.1) is 6.92 Å². The highest BCUT2D eigenvalue weighted by Gasteiger charge is 2.26. The number of sulfonamides is 1. The summed E-state index contributed by atoms with van der Waals surface area (Å²) in [6.07, 6.45) is 2.75. The Morgan fingerprint density at radius 3 is 2.31 bits per heavy atom. The summed E-state index contributed by atoms with van der Waals surface area (Å²) >= 11 is 0. The summed E-state index contributed by atoms with van der Waals surface area (Å²) in [5, 5.41) is 2.80. The molecule has 0 unspecified atom stereocenters. The van der Waals surface area contributed by atoms with Gasteiger partial charge in [-0.1, -0.05) is 24.6 Å². The van der Waals surface area contributed by atoms with Crippen LogP contribution in [-0.2, 0) is 27.9 Å². The highest BCUT2D eigenvalue weighted by molar-refractivity contribution is 7.89. The number of fused-ring (bicyclic) bond motifs is 1. The van der Waals surface area contributed by atoms with Gasteiger partial charge in [0.1, 0.15) is 6.54 Å². The number of piperidine rings is 1. The third-order valence-corrected chi connectivity index (χ3v) is 7.87. The van der Waals surface area contributed by atoms with Crippen LogP contribution in [0.2, 0.25) is 0 Å². The van der Waals surface area contributed by atoms with Crippen LogP contribution in [0.5, 0.6) is 0 Å². The summed E-state index contributed by atoms with van der Waals surface area (Å²) in [6, 6.07) is 12.1. The summed E-state index contributed by atoms with van der Waals surface area (Å²) < 4.78 is 30.6. The Balaban J connectivity index is 1.60. The van der Waals surface area contributed by atoms with Crippen LogP contribution in [0.4, 0.5) is 5.69 Å². The predicted octanol–water partition coefficient (Wildman–Crippen LogP) is 2.94. The Bertz CT molecular complexity index is 1320. The Labute approximate surface area is 187 Å². The lowest BCUT2D eigenvalue weighted by Gasteiger charge is -2.26. The van der Waals surface area contributed by atoms with Gasteiger partial charge in [0.25, 0.3) is 0 Å². The van der Waals surface area contributed by atoms with E-state index in [1.54, 1.807) is 16.7 Å². The minimum atomic E-state index is -3.61. The quantitative estimate of drug-likeness (QED) is 0.617. The van der Waals surface area contributed by atoms with E-state index in [-0.39, 0.29) is 23.0 Å². The van der Waals surface area contributed by atoms with Crippen molar-refractivity contribution in [1.29, 1.82) is 0 Å². The first kappa shape index (κ1) is 22.3. The molecule has 8 nitrogen and oxygen atoms in total. The fourth-order valence-electron chi connectivity index (χ4n) is 4.21. The molecule has 2 heterocycles. The SMILES string of the molecule is CCn1c(=O)n(CC(=O)Nc2cc(S(=O)(=O)N3CCCCC3)ccc2C)c2ccccc21. The number of nitrogens with one attached hydrogen (secondary N) is 1. The number of rotatable bonds is 6. The normalized spacial score (nSPS) is 15.2. The van der Waals surface area contributed by atoms with E-state index in [4.69, 9.17) is 0 Å². The molecule has 0 bridgehead atoms. The van der Waals surface area contributed by atoms with Gasteiger partial charge in [-0.25, -0.2) is 13.2 Å². The number of hydrogen-bond acceptors (Lipinski definition) is 4. The topological polar surface area (TPSA) is 93.4 Å². The minimum absolute atomic E-state index is 0.158. The zero-order valence-corrected chi connectivity index (χ0v) is 19.2. The van der Waals surface area contributed by atoms with Gasteiger partial charge in [0.15, 0.2) is 0 Å². The number of hydrogen-bond donors (Lipinski definition) is 1. The van der Waals surface area contributed by atoms with Crippen LogP contribution in [0.1, 0.15) is 31.7 Å². The molecule has 9 heteroatoms. The van der Waals surface area contributed by atoms with Crippen LogP contribution in [0.3, 0.4) is 0 Å². The predicted molar refractivity (Wildman–Crippen MR) is 124 cm³/mol. The first-order valence-corrected chi connectivity index (χ1v) is 12.4. The molecular formula is C23H28N4O4S. The minimum Gasteiger partial charge on any atom is -0.324 e. The first-order valence-electron chi connectivity index (χ1n) is 10.9. The Hall–Kier alpha value is -2.91. The summed E-state index contributed by atoms with van der Waals surface area (Å²) in [6.45, 7) is 5.07. The molecule has 0 aliphatic carbocycles. The molecule has 1 amide bonds. The van der Waals surface area contributed by atoms with Gasteiger partial charge < -0.3 is 5.32 Å². The van der Waals surface area contributed by atoms with Gasteiger partial charge in [0.05, 0.1) is 15.9 Å². The second kappa shape index (κ2) is 8.91. The molecule has 0 saturated carbocycles. The standard InChI is InChI=1S/C23H28N4O4S/c1-3-26-20-9-5-6-10-21(20)27(23(26)29)16-22(28)24-19-15-18(12-11-17(19)2)32(30,31)25-13-7-4-8-14-25/h5-6,9-12,15H,3-4,7-8,13-14,16H2,1-2H3,(H,24,28). The van der Waals surface area contributed by atoms with Crippen LogP contribution in [0.15, 0.2) is 52.2 Å². The summed E-state index contributed by atoms with van der Waals surface area (Å²) in [5.41, 5.74) is 2.40. The van der Waals surface area contributed by atoms with Crippen molar-refractivity contribution in [2.45, 2.75) is 51.1 Å². The average molecular weight is 457 g/mol. The smallest absolute Gasteiger partial charge is 0.324 e. The summed E-state index contributed by atoms with van der Waals surface area (Å²) in [4.78, 5) is 25.8. The van der Waals surface area contributed by atoms with Gasteiger partial charge in [-0.3, -0.25) is 13.9 Å². The number of para-hydroxylation sites is 2. The van der Waals surface area contributed by atoms with E-state index in [2.05, 4.69) is 5.32 Å². The zero-order valence-electron chi connectivity index (χ0n) is 18.4. The molecule has 1 N–H and O–H groups in total. The molecule has 1 aliphatic heterocycles. The van der Waals surface area contributed by atoms with Crippen molar-refractivity contribution in [3.8, 4) is 0 Å².